The van der Waals surface area contributed by atoms with Crippen molar-refractivity contribution in [1.82, 2.24) is 19.3 Å². The molecule has 5 rings (SSSR count). The van der Waals surface area contributed by atoms with Gasteiger partial charge in [-0.15, -0.1) is 0 Å². The van der Waals surface area contributed by atoms with Gasteiger partial charge in [0.2, 0.25) is 0 Å². The Labute approximate surface area is 175 Å². The van der Waals surface area contributed by atoms with E-state index in [1.165, 1.54) is 10.9 Å². The van der Waals surface area contributed by atoms with Gasteiger partial charge in [-0.1, -0.05) is 36.4 Å². The summed E-state index contributed by atoms with van der Waals surface area (Å²) in [5, 5.41) is 6.08. The number of nitrogens with two attached hydrogens (primary N) is 1. The maximum absolute atomic E-state index is 12.8. The van der Waals surface area contributed by atoms with E-state index in [9.17, 15) is 9.18 Å². The summed E-state index contributed by atoms with van der Waals surface area (Å²) in [6, 6.07) is 19.1. The molecule has 0 bridgehead atoms. The summed E-state index contributed by atoms with van der Waals surface area (Å²) < 4.78 is 21.4. The number of hydrogen-bond donors (Lipinski definition) is 1. The smallest absolute Gasteiger partial charge is 0.351 e. The van der Waals surface area contributed by atoms with Crippen molar-refractivity contribution in [1.29, 1.82) is 0 Å². The van der Waals surface area contributed by atoms with E-state index in [-0.39, 0.29) is 18.7 Å². The van der Waals surface area contributed by atoms with Gasteiger partial charge in [0.05, 0.1) is 18.6 Å². The van der Waals surface area contributed by atoms with Crippen LogP contribution in [0.15, 0.2) is 88.1 Å². The van der Waals surface area contributed by atoms with E-state index >= 15 is 0 Å². The van der Waals surface area contributed by atoms with Crippen molar-refractivity contribution in [2.75, 3.05) is 6.54 Å². The molecule has 0 aliphatic carbocycles. The van der Waals surface area contributed by atoms with Crippen molar-refractivity contribution in [2.45, 2.75) is 6.54 Å². The lowest BCUT2D eigenvalue weighted by Gasteiger charge is -2.05. The van der Waals surface area contributed by atoms with Gasteiger partial charge in [0.1, 0.15) is 23.3 Å². The zero-order chi connectivity index (χ0) is 21.4. The first-order chi connectivity index (χ1) is 15.2. The first-order valence-electron chi connectivity index (χ1n) is 9.70. The first kappa shape index (κ1) is 19.0. The minimum Gasteiger partial charge on any atom is -0.455 e. The van der Waals surface area contributed by atoms with Crippen molar-refractivity contribution in [3.05, 3.63) is 89.4 Å². The van der Waals surface area contributed by atoms with Gasteiger partial charge in [0.25, 0.3) is 0 Å². The third kappa shape index (κ3) is 3.23. The number of hydrogen-bond acceptors (Lipinski definition) is 5. The zero-order valence-corrected chi connectivity index (χ0v) is 16.4. The van der Waals surface area contributed by atoms with Gasteiger partial charge in [-0.3, -0.25) is 0 Å². The van der Waals surface area contributed by atoms with E-state index in [0.717, 1.165) is 32.2 Å². The second-order valence-electron chi connectivity index (χ2n) is 7.07. The van der Waals surface area contributed by atoms with Gasteiger partial charge in [-0.25, -0.2) is 23.4 Å². The van der Waals surface area contributed by atoms with Crippen molar-refractivity contribution in [3.63, 3.8) is 0 Å². The average Bonchev–Trinajstić information content (AvgIpc) is 3.37. The summed E-state index contributed by atoms with van der Waals surface area (Å²) in [6.45, 7) is -0.0120. The zero-order valence-electron chi connectivity index (χ0n) is 16.4. The highest BCUT2D eigenvalue weighted by atomic mass is 19.1. The predicted molar refractivity (Wildman–Crippen MR) is 117 cm³/mol. The Morgan fingerprint density at radius 1 is 1.06 bits per heavy atom. The normalized spacial score (nSPS) is 12.1. The van der Waals surface area contributed by atoms with Crippen LogP contribution in [0.3, 0.4) is 0 Å². The van der Waals surface area contributed by atoms with Crippen LogP contribution in [0.25, 0.3) is 39.0 Å². The molecule has 0 aliphatic rings. The molecule has 3 heterocycles. The molecule has 8 heteroatoms. The monoisotopic (exact) mass is 415 g/mol. The molecule has 3 aromatic heterocycles. The summed E-state index contributed by atoms with van der Waals surface area (Å²) in [7, 11) is 0. The number of aromatic nitrogens is 4. The number of benzene rings is 2. The van der Waals surface area contributed by atoms with Gasteiger partial charge in [-0.2, -0.15) is 5.10 Å². The summed E-state index contributed by atoms with van der Waals surface area (Å²) in [4.78, 5) is 17.4. The van der Waals surface area contributed by atoms with Crippen LogP contribution in [0, 0.1) is 0 Å². The fourth-order valence-electron chi connectivity index (χ4n) is 3.60. The quantitative estimate of drug-likeness (QED) is 0.471. The highest BCUT2D eigenvalue weighted by Gasteiger charge is 2.14. The maximum atomic E-state index is 12.8. The van der Waals surface area contributed by atoms with E-state index < -0.39 is 5.69 Å². The molecule has 0 atom stereocenters. The Hall–Kier alpha value is -4.04. The number of halogens is 1. The first-order valence-corrected chi connectivity index (χ1v) is 9.70. The SMILES string of the molecule is NC/C(=C\F)Cn1ncn(-c2cccc(-c3cccc4c3oc3ccccc34)n2)c1=O. The lowest BCUT2D eigenvalue weighted by atomic mass is 10.1. The fraction of sp³-hybridized carbons (Fsp3) is 0.0870. The minimum absolute atomic E-state index is 0.00500. The van der Waals surface area contributed by atoms with Crippen LogP contribution in [0.2, 0.25) is 0 Å². The van der Waals surface area contributed by atoms with Crippen molar-refractivity contribution in [2.24, 2.45) is 5.73 Å². The number of nitrogens with zero attached hydrogens (tertiary/aromatic N) is 4. The molecule has 0 spiro atoms. The molecule has 0 amide bonds. The number of furan rings is 1. The largest absolute Gasteiger partial charge is 0.455 e. The molecule has 0 saturated heterocycles. The number of fused-ring (bicyclic) bond motifs is 3. The van der Waals surface area contributed by atoms with Crippen LogP contribution in [0.1, 0.15) is 0 Å². The standard InChI is InChI=1S/C23H18FN5O2/c24-11-15(12-25)13-29-23(30)28(14-26-29)21-10-4-8-19(27-21)18-7-3-6-17-16-5-1-2-9-20(16)31-22(17)18/h1-11,14H,12-13,25H2/b15-11+. The van der Waals surface area contributed by atoms with Gasteiger partial charge in [0.15, 0.2) is 0 Å². The van der Waals surface area contributed by atoms with Gasteiger partial charge < -0.3 is 10.2 Å². The molecule has 0 aliphatic heterocycles. The predicted octanol–water partition coefficient (Wildman–Crippen LogP) is 3.81. The number of rotatable bonds is 5. The molecule has 2 aromatic carbocycles. The van der Waals surface area contributed by atoms with Crippen molar-refractivity contribution >= 4 is 21.9 Å². The molecule has 2 N–H and O–H groups in total. The van der Waals surface area contributed by atoms with E-state index in [1.54, 1.807) is 6.07 Å². The summed E-state index contributed by atoms with van der Waals surface area (Å²) >= 11 is 0. The fourth-order valence-corrected chi connectivity index (χ4v) is 3.60. The van der Waals surface area contributed by atoms with Gasteiger partial charge in [-0.05, 0) is 29.8 Å². The molecule has 5 aromatic rings. The van der Waals surface area contributed by atoms with Gasteiger partial charge >= 0.3 is 5.69 Å². The van der Waals surface area contributed by atoms with Crippen LogP contribution < -0.4 is 11.4 Å². The minimum atomic E-state index is -0.431. The molecule has 31 heavy (non-hydrogen) atoms. The third-order valence-electron chi connectivity index (χ3n) is 5.16. The second-order valence-corrected chi connectivity index (χ2v) is 7.07. The Morgan fingerprint density at radius 2 is 1.87 bits per heavy atom. The average molecular weight is 415 g/mol. The van der Waals surface area contributed by atoms with E-state index in [4.69, 9.17) is 10.2 Å². The molecule has 7 nitrogen and oxygen atoms in total. The van der Waals surface area contributed by atoms with Crippen LogP contribution in [0.4, 0.5) is 4.39 Å². The van der Waals surface area contributed by atoms with E-state index in [1.807, 2.05) is 54.6 Å². The Kier molecular flexibility index (Phi) is 4.68. The maximum Gasteiger partial charge on any atom is 0.351 e. The Bertz CT molecular complexity index is 1490. The van der Waals surface area contributed by atoms with Crippen LogP contribution in [0.5, 0.6) is 0 Å². The highest BCUT2D eigenvalue weighted by molar-refractivity contribution is 6.09. The van der Waals surface area contributed by atoms with E-state index in [2.05, 4.69) is 10.1 Å². The van der Waals surface area contributed by atoms with Crippen LogP contribution >= 0.6 is 0 Å². The van der Waals surface area contributed by atoms with E-state index in [0.29, 0.717) is 17.8 Å². The Morgan fingerprint density at radius 3 is 2.71 bits per heavy atom. The molecule has 0 fully saturated rings. The second kappa shape index (κ2) is 7.66. The number of pyridine rings is 1. The Balaban J connectivity index is 1.60. The van der Waals surface area contributed by atoms with Crippen LogP contribution in [-0.4, -0.2) is 25.9 Å². The van der Waals surface area contributed by atoms with Crippen molar-refractivity contribution in [3.8, 4) is 17.1 Å². The highest BCUT2D eigenvalue weighted by Crippen LogP contribution is 2.35. The lowest BCUT2D eigenvalue weighted by Crippen LogP contribution is -2.26. The molecule has 0 unspecified atom stereocenters. The molecule has 0 saturated carbocycles. The van der Waals surface area contributed by atoms with Crippen LogP contribution in [-0.2, 0) is 6.54 Å². The number of para-hydroxylation sites is 2. The lowest BCUT2D eigenvalue weighted by molar-refractivity contribution is 0.612. The van der Waals surface area contributed by atoms with Gasteiger partial charge in [0, 0.05) is 22.9 Å². The third-order valence-corrected chi connectivity index (χ3v) is 5.16. The molecule has 0 radical (unpaired) electrons. The summed E-state index contributed by atoms with van der Waals surface area (Å²) in [6.07, 6.45) is 1.76. The summed E-state index contributed by atoms with van der Waals surface area (Å²) in [5.74, 6) is 0.403. The van der Waals surface area contributed by atoms with Crippen molar-refractivity contribution < 1.29 is 8.81 Å². The topological polar surface area (TPSA) is 91.9 Å². The molecular weight excluding hydrogens is 397 g/mol. The molecule has 154 valence electrons. The summed E-state index contributed by atoms with van der Waals surface area (Å²) in [5.41, 5.74) is 8.33. The molecular formula is C23H18FN5O2.